The maximum atomic E-state index is 12.9. The highest BCUT2D eigenvalue weighted by Gasteiger charge is 2.36. The van der Waals surface area contributed by atoms with Crippen molar-refractivity contribution < 1.29 is 14.0 Å². The molecule has 0 aliphatic carbocycles. The van der Waals surface area contributed by atoms with Crippen molar-refractivity contribution in [3.63, 3.8) is 0 Å². The molecule has 28 heavy (non-hydrogen) atoms. The molecule has 2 amide bonds. The third-order valence-electron chi connectivity index (χ3n) is 4.88. The number of anilines is 1. The van der Waals surface area contributed by atoms with Gasteiger partial charge in [-0.05, 0) is 42.0 Å². The van der Waals surface area contributed by atoms with Crippen LogP contribution in [0, 0.1) is 5.92 Å². The molecule has 6 heteroatoms. The molecule has 1 aromatic heterocycles. The van der Waals surface area contributed by atoms with E-state index in [-0.39, 0.29) is 18.2 Å². The molecule has 142 valence electrons. The Morgan fingerprint density at radius 2 is 1.82 bits per heavy atom. The topological polar surface area (TPSA) is 62.6 Å². The maximum Gasteiger partial charge on any atom is 0.227 e. The van der Waals surface area contributed by atoms with Crippen LogP contribution in [0.2, 0.25) is 5.02 Å². The molecule has 0 saturated carbocycles. The lowest BCUT2D eigenvalue weighted by Gasteiger charge is -2.20. The van der Waals surface area contributed by atoms with Crippen LogP contribution in [0.25, 0.3) is 0 Å². The van der Waals surface area contributed by atoms with Gasteiger partial charge in [0.25, 0.3) is 0 Å². The van der Waals surface area contributed by atoms with Crippen molar-refractivity contribution in [1.29, 1.82) is 0 Å². The van der Waals surface area contributed by atoms with Crippen LogP contribution in [0.4, 0.5) is 5.69 Å². The minimum Gasteiger partial charge on any atom is -0.467 e. The van der Waals surface area contributed by atoms with E-state index in [1.54, 1.807) is 41.5 Å². The first-order valence-electron chi connectivity index (χ1n) is 9.06. The fourth-order valence-electron chi connectivity index (χ4n) is 3.43. The molecule has 1 fully saturated rings. The normalized spacial score (nSPS) is 17.5. The van der Waals surface area contributed by atoms with Gasteiger partial charge in [-0.2, -0.15) is 0 Å². The lowest BCUT2D eigenvalue weighted by Crippen LogP contribution is -2.36. The van der Waals surface area contributed by atoms with Crippen LogP contribution in [0.1, 0.15) is 23.8 Å². The van der Waals surface area contributed by atoms with Gasteiger partial charge >= 0.3 is 0 Å². The second kappa shape index (κ2) is 7.90. The summed E-state index contributed by atoms with van der Waals surface area (Å²) in [6.07, 6.45) is 1.76. The molecule has 3 aromatic rings. The van der Waals surface area contributed by atoms with E-state index in [0.717, 1.165) is 11.3 Å². The summed E-state index contributed by atoms with van der Waals surface area (Å²) in [4.78, 5) is 27.0. The summed E-state index contributed by atoms with van der Waals surface area (Å²) in [6, 6.07) is 19.9. The third kappa shape index (κ3) is 3.80. The van der Waals surface area contributed by atoms with Crippen molar-refractivity contribution in [2.24, 2.45) is 5.92 Å². The van der Waals surface area contributed by atoms with Gasteiger partial charge in [0.15, 0.2) is 0 Å². The van der Waals surface area contributed by atoms with E-state index in [2.05, 4.69) is 5.32 Å². The fourth-order valence-corrected chi connectivity index (χ4v) is 3.56. The number of furan rings is 1. The zero-order chi connectivity index (χ0) is 19.5. The largest absolute Gasteiger partial charge is 0.467 e. The Kier molecular flexibility index (Phi) is 5.17. The predicted molar refractivity (Wildman–Crippen MR) is 107 cm³/mol. The van der Waals surface area contributed by atoms with Gasteiger partial charge in [-0.15, -0.1) is 0 Å². The number of hydrogen-bond donors (Lipinski definition) is 1. The number of benzene rings is 2. The second-order valence-electron chi connectivity index (χ2n) is 6.75. The van der Waals surface area contributed by atoms with Gasteiger partial charge in [0, 0.05) is 23.7 Å². The summed E-state index contributed by atoms with van der Waals surface area (Å²) in [5.74, 6) is -0.0189. The zero-order valence-corrected chi connectivity index (χ0v) is 15.8. The van der Waals surface area contributed by atoms with Gasteiger partial charge in [0.05, 0.1) is 12.2 Å². The molecule has 1 aliphatic rings. The fraction of sp³-hybridized carbons (Fsp3) is 0.182. The monoisotopic (exact) mass is 394 g/mol. The van der Waals surface area contributed by atoms with Crippen LogP contribution in [-0.2, 0) is 9.59 Å². The molecule has 2 atom stereocenters. The first-order chi connectivity index (χ1) is 13.6. The number of hydrogen-bond acceptors (Lipinski definition) is 3. The summed E-state index contributed by atoms with van der Waals surface area (Å²) < 4.78 is 5.53. The van der Waals surface area contributed by atoms with Crippen LogP contribution >= 0.6 is 11.6 Å². The number of nitrogens with one attached hydrogen (secondary N) is 1. The van der Waals surface area contributed by atoms with Gasteiger partial charge in [0.1, 0.15) is 11.8 Å². The molecule has 0 radical (unpaired) electrons. The van der Waals surface area contributed by atoms with E-state index in [4.69, 9.17) is 16.0 Å². The minimum atomic E-state index is -0.427. The first kappa shape index (κ1) is 18.3. The Bertz CT molecular complexity index is 955. The molecule has 0 bridgehead atoms. The van der Waals surface area contributed by atoms with Crippen molar-refractivity contribution in [3.8, 4) is 0 Å². The van der Waals surface area contributed by atoms with Gasteiger partial charge in [-0.3, -0.25) is 9.59 Å². The summed E-state index contributed by atoms with van der Waals surface area (Å²) in [5.41, 5.74) is 1.67. The van der Waals surface area contributed by atoms with E-state index < -0.39 is 12.0 Å². The molecule has 2 aromatic carbocycles. The smallest absolute Gasteiger partial charge is 0.227 e. The van der Waals surface area contributed by atoms with E-state index in [0.29, 0.717) is 17.3 Å². The Labute approximate surface area is 167 Å². The van der Waals surface area contributed by atoms with E-state index in [9.17, 15) is 9.59 Å². The molecule has 0 spiro atoms. The molecule has 1 N–H and O–H groups in total. The summed E-state index contributed by atoms with van der Waals surface area (Å²) in [6.45, 7) is 0.339. The van der Waals surface area contributed by atoms with Crippen molar-refractivity contribution in [3.05, 3.63) is 89.3 Å². The van der Waals surface area contributed by atoms with Gasteiger partial charge < -0.3 is 14.6 Å². The average Bonchev–Trinajstić information content (AvgIpc) is 3.37. The van der Waals surface area contributed by atoms with E-state index in [1.165, 1.54) is 0 Å². The Morgan fingerprint density at radius 1 is 1.07 bits per heavy atom. The number of halogens is 1. The predicted octanol–water partition coefficient (Wildman–Crippen LogP) is 4.19. The van der Waals surface area contributed by atoms with Crippen LogP contribution in [0.3, 0.4) is 0 Å². The van der Waals surface area contributed by atoms with Gasteiger partial charge in [-0.25, -0.2) is 0 Å². The highest BCUT2D eigenvalue weighted by Crippen LogP contribution is 2.28. The Balaban J connectivity index is 1.51. The van der Waals surface area contributed by atoms with Gasteiger partial charge in [0.2, 0.25) is 11.8 Å². The lowest BCUT2D eigenvalue weighted by atomic mass is 10.0. The van der Waals surface area contributed by atoms with Crippen molar-refractivity contribution in [2.45, 2.75) is 12.5 Å². The third-order valence-corrected chi connectivity index (χ3v) is 5.13. The van der Waals surface area contributed by atoms with Crippen LogP contribution in [0.5, 0.6) is 0 Å². The lowest BCUT2D eigenvalue weighted by molar-refractivity contribution is -0.126. The number of rotatable bonds is 5. The zero-order valence-electron chi connectivity index (χ0n) is 15.0. The van der Waals surface area contributed by atoms with Crippen LogP contribution < -0.4 is 10.2 Å². The van der Waals surface area contributed by atoms with E-state index >= 15 is 0 Å². The number of carbonyl (C=O) groups is 2. The molecule has 5 nitrogen and oxygen atoms in total. The summed E-state index contributed by atoms with van der Waals surface area (Å²) >= 11 is 5.92. The summed E-state index contributed by atoms with van der Waals surface area (Å²) in [5, 5.41) is 3.65. The van der Waals surface area contributed by atoms with Crippen LogP contribution in [0.15, 0.2) is 77.4 Å². The molecule has 1 saturated heterocycles. The molecule has 2 heterocycles. The summed E-state index contributed by atoms with van der Waals surface area (Å²) in [7, 11) is 0. The molecule has 4 rings (SSSR count). The SMILES string of the molecule is O=C(N[C@@H](c1ccccc1)c1ccco1)[C@@H]1CC(=O)N(c2ccc(Cl)cc2)C1. The molecular weight excluding hydrogens is 376 g/mol. The Hall–Kier alpha value is -3.05. The van der Waals surface area contributed by atoms with Crippen molar-refractivity contribution in [1.82, 2.24) is 5.32 Å². The Morgan fingerprint density at radius 3 is 2.50 bits per heavy atom. The number of carbonyl (C=O) groups excluding carboxylic acids is 2. The standard InChI is InChI=1S/C22H19ClN2O3/c23-17-8-10-18(11-9-17)25-14-16(13-20(25)26)22(27)24-21(19-7-4-12-28-19)15-5-2-1-3-6-15/h1-12,16,21H,13-14H2,(H,24,27)/t16-,21+/m1/s1. The van der Waals surface area contributed by atoms with Gasteiger partial charge in [-0.1, -0.05) is 41.9 Å². The van der Waals surface area contributed by atoms with Crippen molar-refractivity contribution >= 4 is 29.1 Å². The molecular formula is C22H19ClN2O3. The maximum absolute atomic E-state index is 12.9. The van der Waals surface area contributed by atoms with E-state index in [1.807, 2.05) is 36.4 Å². The average molecular weight is 395 g/mol. The van der Waals surface area contributed by atoms with Crippen LogP contribution in [-0.4, -0.2) is 18.4 Å². The quantitative estimate of drug-likeness (QED) is 0.705. The highest BCUT2D eigenvalue weighted by atomic mass is 35.5. The first-order valence-corrected chi connectivity index (χ1v) is 9.44. The number of amides is 2. The molecule has 1 aliphatic heterocycles. The number of nitrogens with zero attached hydrogens (tertiary/aromatic N) is 1. The second-order valence-corrected chi connectivity index (χ2v) is 7.19. The van der Waals surface area contributed by atoms with Crippen molar-refractivity contribution in [2.75, 3.05) is 11.4 Å². The minimum absolute atomic E-state index is 0.0725. The highest BCUT2D eigenvalue weighted by molar-refractivity contribution is 6.30. The molecule has 0 unspecified atom stereocenters.